The van der Waals surface area contributed by atoms with Crippen molar-refractivity contribution in [2.45, 2.75) is 194 Å². The molecule has 7 aromatic carbocycles. The topological polar surface area (TPSA) is 6.48 Å². The molecular weight excluding hydrogens is 936 g/mol. The van der Waals surface area contributed by atoms with E-state index in [1.165, 1.54) is 170 Å². The Bertz CT molecular complexity index is 3810. The lowest BCUT2D eigenvalue weighted by molar-refractivity contribution is 0.332. The van der Waals surface area contributed by atoms with Crippen LogP contribution in [-0.4, -0.2) is 6.71 Å². The number of benzene rings is 7. The molecule has 8 aromatic rings. The fourth-order valence-electron chi connectivity index (χ4n) is 15.3. The summed E-state index contributed by atoms with van der Waals surface area (Å²) in [4.78, 5) is 5.53. The van der Waals surface area contributed by atoms with Crippen molar-refractivity contribution in [3.8, 4) is 11.1 Å². The monoisotopic (exact) mass is 1020 g/mol. The van der Waals surface area contributed by atoms with Crippen molar-refractivity contribution in [3.63, 3.8) is 0 Å². The molecule has 76 heavy (non-hydrogen) atoms. The largest absolute Gasteiger partial charge is 0.311 e. The molecule has 0 unspecified atom stereocenters. The molecule has 13 rings (SSSR count). The van der Waals surface area contributed by atoms with Crippen molar-refractivity contribution in [2.75, 3.05) is 9.80 Å². The Balaban J connectivity index is 1.22. The molecule has 0 amide bonds. The fourth-order valence-corrected chi connectivity index (χ4v) is 16.4. The molecule has 3 aliphatic carbocycles. The molecule has 0 spiro atoms. The van der Waals surface area contributed by atoms with Gasteiger partial charge in [0, 0.05) is 54.3 Å². The van der Waals surface area contributed by atoms with E-state index in [-0.39, 0.29) is 44.6 Å². The Morgan fingerprint density at radius 1 is 0.434 bits per heavy atom. The molecule has 0 fully saturated rings. The van der Waals surface area contributed by atoms with Gasteiger partial charge < -0.3 is 9.80 Å². The SMILES string of the molecule is Cc1ccccc1-c1cc2c3c(c1)N(c1cc4c(cc1C)C(C)(C)CCC4(C)C)c1cc4c(cc1B3c1cc3c(cc1N2c1ccc2c(c1)C(C)(C)CCC2(C)C)C(C)(C)CCC3(C)C)sc1cccc(C(C)(C)C)c14. The molecule has 0 saturated heterocycles. The minimum absolute atomic E-state index is 0.00225. The van der Waals surface area contributed by atoms with Gasteiger partial charge in [-0.3, -0.25) is 0 Å². The smallest absolute Gasteiger partial charge is 0.252 e. The summed E-state index contributed by atoms with van der Waals surface area (Å²) in [6.45, 7) is 41.8. The summed E-state index contributed by atoms with van der Waals surface area (Å²) < 4.78 is 2.75. The summed E-state index contributed by atoms with van der Waals surface area (Å²) in [6, 6.07) is 45.0. The van der Waals surface area contributed by atoms with Crippen LogP contribution in [0.4, 0.5) is 34.1 Å². The Morgan fingerprint density at radius 3 is 1.55 bits per heavy atom. The van der Waals surface area contributed by atoms with Crippen LogP contribution in [0.25, 0.3) is 31.3 Å². The first kappa shape index (κ1) is 50.0. The molecule has 1 aromatic heterocycles. The number of fused-ring (bicyclic) bond motifs is 10. The van der Waals surface area contributed by atoms with Crippen molar-refractivity contribution in [1.82, 2.24) is 0 Å². The number of anilines is 6. The van der Waals surface area contributed by atoms with Crippen molar-refractivity contribution in [3.05, 3.63) is 159 Å². The van der Waals surface area contributed by atoms with Crippen LogP contribution in [0, 0.1) is 13.8 Å². The van der Waals surface area contributed by atoms with Crippen LogP contribution < -0.4 is 26.2 Å². The lowest BCUT2D eigenvalue weighted by Crippen LogP contribution is -2.62. The zero-order valence-electron chi connectivity index (χ0n) is 49.0. The van der Waals surface area contributed by atoms with E-state index in [0.29, 0.717) is 0 Å². The summed E-state index contributed by atoms with van der Waals surface area (Å²) >= 11 is 1.99. The maximum atomic E-state index is 2.77. The Labute approximate surface area is 460 Å². The molecule has 3 heterocycles. The van der Waals surface area contributed by atoms with E-state index in [1.807, 2.05) is 11.3 Å². The first-order valence-corrected chi connectivity index (χ1v) is 29.7. The fraction of sp³-hybridized carbons (Fsp3) is 0.417. The normalized spacial score (nSPS) is 19.9. The van der Waals surface area contributed by atoms with Gasteiger partial charge in [-0.15, -0.1) is 11.3 Å². The highest BCUT2D eigenvalue weighted by Crippen LogP contribution is 2.56. The minimum atomic E-state index is -0.0202. The molecule has 2 aliphatic heterocycles. The average molecular weight is 1020 g/mol. The zero-order valence-corrected chi connectivity index (χ0v) is 49.8. The van der Waals surface area contributed by atoms with E-state index in [0.717, 1.165) is 0 Å². The van der Waals surface area contributed by atoms with Crippen LogP contribution in [-0.2, 0) is 37.9 Å². The standard InChI is InChI=1S/C72H81BN2S/c1-42-21-18-19-22-46(42)44-34-60-65-61(35-44)75(57-39-53-50(33-43(57)2)68(8,9)29-31-71(53,14)15)58-37-47-63(76-62-24-20-23-49(64(47)62)66(3,4)5)41-56(58)73(65)55-38-52-54(72(16,17)32-30-70(52,12)13)40-59(55)74(60)45-25-26-48-51(36-45)69(10,11)28-27-67(48,6)7/h18-26,33-41H,27-32H2,1-17H3. The second kappa shape index (κ2) is 16.0. The summed E-state index contributed by atoms with van der Waals surface area (Å²) in [5.74, 6) is 0. The quantitative estimate of drug-likeness (QED) is 0.163. The highest BCUT2D eigenvalue weighted by molar-refractivity contribution is 7.26. The van der Waals surface area contributed by atoms with Gasteiger partial charge in [0.25, 0.3) is 6.71 Å². The van der Waals surface area contributed by atoms with Gasteiger partial charge >= 0.3 is 0 Å². The van der Waals surface area contributed by atoms with E-state index in [4.69, 9.17) is 0 Å². The first-order chi connectivity index (χ1) is 35.6. The molecule has 0 bridgehead atoms. The Hall–Kier alpha value is -5.58. The van der Waals surface area contributed by atoms with Crippen LogP contribution in [0.1, 0.15) is 192 Å². The van der Waals surface area contributed by atoms with Gasteiger partial charge in [-0.05, 0) is 222 Å². The lowest BCUT2D eigenvalue weighted by Gasteiger charge is -2.48. The van der Waals surface area contributed by atoms with E-state index in [1.54, 1.807) is 0 Å². The van der Waals surface area contributed by atoms with Crippen molar-refractivity contribution >= 4 is 88.7 Å². The Morgan fingerprint density at radius 2 is 0.947 bits per heavy atom. The van der Waals surface area contributed by atoms with Crippen molar-refractivity contribution < 1.29 is 0 Å². The van der Waals surface area contributed by atoms with E-state index < -0.39 is 0 Å². The van der Waals surface area contributed by atoms with Gasteiger partial charge in [0.1, 0.15) is 0 Å². The highest BCUT2D eigenvalue weighted by Gasteiger charge is 2.49. The van der Waals surface area contributed by atoms with Gasteiger partial charge in [0.05, 0.1) is 0 Å². The minimum Gasteiger partial charge on any atom is -0.311 e. The van der Waals surface area contributed by atoms with Gasteiger partial charge in [-0.1, -0.05) is 158 Å². The molecule has 2 nitrogen and oxygen atoms in total. The predicted octanol–water partition coefficient (Wildman–Crippen LogP) is 18.8. The third-order valence-corrected chi connectivity index (χ3v) is 21.5. The third-order valence-electron chi connectivity index (χ3n) is 20.4. The first-order valence-electron chi connectivity index (χ1n) is 28.9. The highest BCUT2D eigenvalue weighted by atomic mass is 32.1. The van der Waals surface area contributed by atoms with Gasteiger partial charge in [-0.25, -0.2) is 0 Å². The van der Waals surface area contributed by atoms with Gasteiger partial charge in [0.15, 0.2) is 0 Å². The van der Waals surface area contributed by atoms with Crippen LogP contribution >= 0.6 is 11.3 Å². The van der Waals surface area contributed by atoms with E-state index >= 15 is 0 Å². The van der Waals surface area contributed by atoms with Crippen LogP contribution in [0.3, 0.4) is 0 Å². The maximum absolute atomic E-state index is 2.77. The van der Waals surface area contributed by atoms with Crippen molar-refractivity contribution in [2.24, 2.45) is 0 Å². The van der Waals surface area contributed by atoms with E-state index in [9.17, 15) is 0 Å². The van der Waals surface area contributed by atoms with Crippen LogP contribution in [0.2, 0.25) is 0 Å². The zero-order chi connectivity index (χ0) is 53.8. The second-order valence-corrected chi connectivity index (χ2v) is 30.5. The summed E-state index contributed by atoms with van der Waals surface area (Å²) in [5, 5.41) is 2.78. The molecule has 388 valence electrons. The van der Waals surface area contributed by atoms with E-state index in [2.05, 4.69) is 237 Å². The van der Waals surface area contributed by atoms with Gasteiger partial charge in [0.2, 0.25) is 0 Å². The third kappa shape index (κ3) is 7.23. The van der Waals surface area contributed by atoms with Crippen LogP contribution in [0.5, 0.6) is 0 Å². The van der Waals surface area contributed by atoms with Gasteiger partial charge in [-0.2, -0.15) is 0 Å². The average Bonchev–Trinajstić information content (AvgIpc) is 3.86. The number of hydrogen-bond donors (Lipinski definition) is 0. The number of rotatable bonds is 3. The summed E-state index contributed by atoms with van der Waals surface area (Å²) in [7, 11) is 0. The molecule has 0 radical (unpaired) electrons. The molecular formula is C72H81BN2S. The molecule has 5 aliphatic rings. The molecule has 0 N–H and O–H groups in total. The predicted molar refractivity (Wildman–Crippen MR) is 333 cm³/mol. The maximum Gasteiger partial charge on any atom is 0.252 e. The number of aryl methyl sites for hydroxylation is 2. The molecule has 0 atom stereocenters. The lowest BCUT2D eigenvalue weighted by atomic mass is 9.33. The number of nitrogens with zero attached hydrogens (tertiary/aromatic N) is 2. The van der Waals surface area contributed by atoms with Crippen LogP contribution in [0.15, 0.2) is 109 Å². The summed E-state index contributed by atoms with van der Waals surface area (Å²) in [6.07, 6.45) is 7.07. The number of thiophene rings is 1. The molecule has 0 saturated carbocycles. The number of hydrogen-bond acceptors (Lipinski definition) is 3. The summed E-state index contributed by atoms with van der Waals surface area (Å²) in [5.41, 5.74) is 28.0. The Kier molecular flexibility index (Phi) is 10.5. The molecule has 4 heteroatoms. The second-order valence-electron chi connectivity index (χ2n) is 29.5. The van der Waals surface area contributed by atoms with Crippen molar-refractivity contribution in [1.29, 1.82) is 0 Å².